The van der Waals surface area contributed by atoms with Gasteiger partial charge in [0.1, 0.15) is 0 Å². The van der Waals surface area contributed by atoms with Crippen molar-refractivity contribution in [2.24, 2.45) is 0 Å². The van der Waals surface area contributed by atoms with Crippen LogP contribution in [0.15, 0.2) is 24.3 Å². The summed E-state index contributed by atoms with van der Waals surface area (Å²) in [7, 11) is 0. The van der Waals surface area contributed by atoms with Crippen molar-refractivity contribution in [3.05, 3.63) is 35.4 Å². The van der Waals surface area contributed by atoms with Crippen molar-refractivity contribution >= 4 is 11.8 Å². The van der Waals surface area contributed by atoms with Crippen molar-refractivity contribution in [1.82, 2.24) is 0 Å². The molecule has 0 radical (unpaired) electrons. The summed E-state index contributed by atoms with van der Waals surface area (Å²) in [6.07, 6.45) is -2.31. The number of benzene rings is 1. The van der Waals surface area contributed by atoms with E-state index in [0.29, 0.717) is 0 Å². The summed E-state index contributed by atoms with van der Waals surface area (Å²) in [4.78, 5) is 0. The first-order valence-corrected chi connectivity index (χ1v) is 5.08. The summed E-state index contributed by atoms with van der Waals surface area (Å²) in [5, 5.41) is 0. The summed E-state index contributed by atoms with van der Waals surface area (Å²) in [5.74, 6) is 0.748. The van der Waals surface area contributed by atoms with Crippen molar-refractivity contribution in [2.45, 2.75) is 11.9 Å². The Hall–Kier alpha value is -0.640. The van der Waals surface area contributed by atoms with Gasteiger partial charge in [-0.3, -0.25) is 0 Å². The molecule has 13 heavy (non-hydrogen) atoms. The molecule has 0 aliphatic carbocycles. The molecule has 0 aliphatic rings. The molecule has 0 heterocycles. The monoisotopic (exact) mass is 206 g/mol. The van der Waals surface area contributed by atoms with Gasteiger partial charge in [0.25, 0.3) is 0 Å². The van der Waals surface area contributed by atoms with E-state index in [-0.39, 0.29) is 0 Å². The van der Waals surface area contributed by atoms with E-state index >= 15 is 0 Å². The summed E-state index contributed by atoms with van der Waals surface area (Å²) < 4.78 is 36.3. The van der Waals surface area contributed by atoms with Crippen LogP contribution in [-0.2, 0) is 11.9 Å². The quantitative estimate of drug-likeness (QED) is 0.712. The van der Waals surface area contributed by atoms with Crippen molar-refractivity contribution in [1.29, 1.82) is 0 Å². The van der Waals surface area contributed by atoms with Crippen molar-refractivity contribution in [2.75, 3.05) is 6.26 Å². The Morgan fingerprint density at radius 1 is 1.15 bits per heavy atom. The minimum Gasteiger partial charge on any atom is -0.166 e. The van der Waals surface area contributed by atoms with Gasteiger partial charge in [0.15, 0.2) is 0 Å². The van der Waals surface area contributed by atoms with E-state index in [1.165, 1.54) is 12.1 Å². The molecule has 0 atom stereocenters. The highest BCUT2D eigenvalue weighted by molar-refractivity contribution is 7.97. The van der Waals surface area contributed by atoms with E-state index in [1.807, 2.05) is 6.26 Å². The first-order chi connectivity index (χ1) is 6.04. The zero-order valence-corrected chi connectivity index (χ0v) is 7.88. The number of thioether (sulfide) groups is 1. The molecule has 0 aromatic heterocycles. The van der Waals surface area contributed by atoms with Gasteiger partial charge in [-0.05, 0) is 24.0 Å². The lowest BCUT2D eigenvalue weighted by Crippen LogP contribution is -2.04. The molecule has 0 unspecified atom stereocenters. The van der Waals surface area contributed by atoms with E-state index in [0.717, 1.165) is 23.4 Å². The fraction of sp³-hybridized carbons (Fsp3) is 0.333. The third-order valence-corrected chi connectivity index (χ3v) is 2.21. The van der Waals surface area contributed by atoms with Crippen molar-refractivity contribution < 1.29 is 13.2 Å². The maximum absolute atomic E-state index is 12.1. The van der Waals surface area contributed by atoms with Crippen LogP contribution in [0.1, 0.15) is 11.1 Å². The topological polar surface area (TPSA) is 0 Å². The van der Waals surface area contributed by atoms with Crippen LogP contribution in [0.2, 0.25) is 0 Å². The largest absolute Gasteiger partial charge is 0.416 e. The summed E-state index contributed by atoms with van der Waals surface area (Å²) in [6.45, 7) is 0. The van der Waals surface area contributed by atoms with E-state index < -0.39 is 11.7 Å². The zero-order valence-electron chi connectivity index (χ0n) is 7.06. The normalized spacial score (nSPS) is 11.7. The highest BCUT2D eigenvalue weighted by atomic mass is 32.2. The number of hydrogen-bond acceptors (Lipinski definition) is 1. The molecule has 4 heteroatoms. The third-order valence-electron chi connectivity index (χ3n) is 1.59. The molecule has 0 saturated carbocycles. The molecule has 0 spiro atoms. The van der Waals surface area contributed by atoms with E-state index in [4.69, 9.17) is 0 Å². The molecule has 1 aromatic rings. The second-order valence-electron chi connectivity index (χ2n) is 2.63. The average Bonchev–Trinajstić information content (AvgIpc) is 2.04. The molecule has 0 nitrogen and oxygen atoms in total. The van der Waals surface area contributed by atoms with Crippen LogP contribution in [0.3, 0.4) is 0 Å². The Bertz CT molecular complexity index is 263. The molecule has 1 aromatic carbocycles. The highest BCUT2D eigenvalue weighted by Gasteiger charge is 2.29. The molecule has 0 bridgehead atoms. The molecular weight excluding hydrogens is 197 g/mol. The van der Waals surface area contributed by atoms with Crippen LogP contribution in [0.4, 0.5) is 13.2 Å². The van der Waals surface area contributed by atoms with Gasteiger partial charge in [0, 0.05) is 5.75 Å². The number of alkyl halides is 3. The van der Waals surface area contributed by atoms with Gasteiger partial charge in [0.05, 0.1) is 5.56 Å². The maximum atomic E-state index is 12.1. The van der Waals surface area contributed by atoms with Crippen LogP contribution >= 0.6 is 11.8 Å². The molecule has 1 rings (SSSR count). The Kier molecular flexibility index (Phi) is 3.25. The van der Waals surface area contributed by atoms with E-state index in [2.05, 4.69) is 0 Å². The van der Waals surface area contributed by atoms with E-state index in [9.17, 15) is 13.2 Å². The van der Waals surface area contributed by atoms with Gasteiger partial charge >= 0.3 is 6.18 Å². The first kappa shape index (κ1) is 10.4. The Morgan fingerprint density at radius 3 is 2.08 bits per heavy atom. The molecule has 0 aliphatic heterocycles. The lowest BCUT2D eigenvalue weighted by molar-refractivity contribution is -0.137. The SMILES string of the molecule is CSCc1ccc(C(F)(F)F)cc1. The predicted molar refractivity (Wildman–Crippen MR) is 48.7 cm³/mol. The molecule has 72 valence electrons. The van der Waals surface area contributed by atoms with Crippen LogP contribution in [0.5, 0.6) is 0 Å². The highest BCUT2D eigenvalue weighted by Crippen LogP contribution is 2.29. The second-order valence-corrected chi connectivity index (χ2v) is 3.49. The van der Waals surface area contributed by atoms with Crippen molar-refractivity contribution in [3.8, 4) is 0 Å². The van der Waals surface area contributed by atoms with Crippen LogP contribution in [0.25, 0.3) is 0 Å². The van der Waals surface area contributed by atoms with Gasteiger partial charge in [-0.25, -0.2) is 0 Å². The number of halogens is 3. The first-order valence-electron chi connectivity index (χ1n) is 3.69. The van der Waals surface area contributed by atoms with Gasteiger partial charge in [0.2, 0.25) is 0 Å². The summed E-state index contributed by atoms with van der Waals surface area (Å²) >= 11 is 1.59. The summed E-state index contributed by atoms with van der Waals surface area (Å²) in [5.41, 5.74) is 0.331. The fourth-order valence-electron chi connectivity index (χ4n) is 0.957. The van der Waals surface area contributed by atoms with Gasteiger partial charge in [-0.1, -0.05) is 12.1 Å². The summed E-state index contributed by atoms with van der Waals surface area (Å²) in [6, 6.07) is 5.26. The minimum atomic E-state index is -4.22. The Balaban J connectivity index is 2.81. The molecular formula is C9H9F3S. The fourth-order valence-corrected chi connectivity index (χ4v) is 1.48. The van der Waals surface area contributed by atoms with Gasteiger partial charge < -0.3 is 0 Å². The van der Waals surface area contributed by atoms with E-state index in [1.54, 1.807) is 11.8 Å². The lowest BCUT2D eigenvalue weighted by atomic mass is 10.1. The second kappa shape index (κ2) is 4.05. The predicted octanol–water partition coefficient (Wildman–Crippen LogP) is 3.57. The molecule has 0 N–H and O–H groups in total. The molecule has 0 amide bonds. The minimum absolute atomic E-state index is 0.586. The third kappa shape index (κ3) is 2.95. The van der Waals surface area contributed by atoms with Gasteiger partial charge in [-0.2, -0.15) is 24.9 Å². The van der Waals surface area contributed by atoms with Crippen LogP contribution in [0, 0.1) is 0 Å². The van der Waals surface area contributed by atoms with Crippen LogP contribution in [-0.4, -0.2) is 6.26 Å². The van der Waals surface area contributed by atoms with Crippen LogP contribution < -0.4 is 0 Å². The smallest absolute Gasteiger partial charge is 0.166 e. The number of rotatable bonds is 2. The Morgan fingerprint density at radius 2 is 1.69 bits per heavy atom. The van der Waals surface area contributed by atoms with Crippen molar-refractivity contribution in [3.63, 3.8) is 0 Å². The average molecular weight is 206 g/mol. The number of hydrogen-bond donors (Lipinski definition) is 0. The maximum Gasteiger partial charge on any atom is 0.416 e. The molecule has 0 saturated heterocycles. The standard InChI is InChI=1S/C9H9F3S/c1-13-6-7-2-4-8(5-3-7)9(10,11)12/h2-5H,6H2,1H3. The zero-order chi connectivity index (χ0) is 9.90. The Labute approximate surface area is 79.1 Å². The molecule has 0 fully saturated rings. The van der Waals surface area contributed by atoms with Gasteiger partial charge in [-0.15, -0.1) is 0 Å². The lowest BCUT2D eigenvalue weighted by Gasteiger charge is -2.06.